The van der Waals surface area contributed by atoms with E-state index in [0.717, 1.165) is 34.0 Å². The minimum atomic E-state index is -0.627. The monoisotopic (exact) mass is 328 g/mol. The molecule has 20 heavy (non-hydrogen) atoms. The summed E-state index contributed by atoms with van der Waals surface area (Å²) in [5.74, 6) is 0.139. The van der Waals surface area contributed by atoms with Gasteiger partial charge in [0, 0.05) is 10.0 Å². The Bertz CT molecular complexity index is 710. The molecule has 1 aliphatic carbocycles. The highest BCUT2D eigenvalue weighted by molar-refractivity contribution is 9.10. The first-order chi connectivity index (χ1) is 9.72. The van der Waals surface area contributed by atoms with Gasteiger partial charge in [0.15, 0.2) is 11.4 Å². The van der Waals surface area contributed by atoms with Crippen LogP contribution in [-0.4, -0.2) is 11.4 Å². The van der Waals surface area contributed by atoms with Gasteiger partial charge in [-0.2, -0.15) is 0 Å². The van der Waals surface area contributed by atoms with Gasteiger partial charge < -0.3 is 4.74 Å². The Kier molecular flexibility index (Phi) is 2.63. The van der Waals surface area contributed by atoms with Crippen molar-refractivity contribution in [2.75, 3.05) is 0 Å². The second kappa shape index (κ2) is 4.27. The lowest BCUT2D eigenvalue weighted by Gasteiger charge is -2.21. The average molecular weight is 329 g/mol. The van der Waals surface area contributed by atoms with E-state index in [4.69, 9.17) is 4.74 Å². The number of carbonyl (C=O) groups excluding carboxylic acids is 1. The van der Waals surface area contributed by atoms with Gasteiger partial charge in [0.2, 0.25) is 0 Å². The molecule has 100 valence electrons. The summed E-state index contributed by atoms with van der Waals surface area (Å²) in [6.45, 7) is 0. The molecular weight excluding hydrogens is 316 g/mol. The van der Waals surface area contributed by atoms with Crippen molar-refractivity contribution in [1.29, 1.82) is 0 Å². The van der Waals surface area contributed by atoms with Gasteiger partial charge in [0.25, 0.3) is 0 Å². The third-order valence-corrected chi connectivity index (χ3v) is 5.02. The highest BCUT2D eigenvalue weighted by atomic mass is 79.9. The van der Waals surface area contributed by atoms with Gasteiger partial charge in [-0.25, -0.2) is 0 Å². The summed E-state index contributed by atoms with van der Waals surface area (Å²) in [7, 11) is 0. The molecule has 1 spiro atoms. The Labute approximate surface area is 125 Å². The van der Waals surface area contributed by atoms with E-state index in [1.807, 2.05) is 48.5 Å². The molecule has 0 unspecified atom stereocenters. The molecule has 0 saturated carbocycles. The number of hydrogen-bond acceptors (Lipinski definition) is 2. The van der Waals surface area contributed by atoms with Gasteiger partial charge in [-0.3, -0.25) is 4.79 Å². The Hall–Kier alpha value is -1.45. The third kappa shape index (κ3) is 1.63. The van der Waals surface area contributed by atoms with Gasteiger partial charge in [0.1, 0.15) is 6.10 Å². The molecule has 0 radical (unpaired) electrons. The minimum Gasteiger partial charge on any atom is -0.352 e. The average Bonchev–Trinajstić information content (AvgIpc) is 3.19. The van der Waals surface area contributed by atoms with E-state index in [-0.39, 0.29) is 11.9 Å². The van der Waals surface area contributed by atoms with Crippen molar-refractivity contribution in [3.63, 3.8) is 0 Å². The van der Waals surface area contributed by atoms with E-state index in [9.17, 15) is 4.79 Å². The van der Waals surface area contributed by atoms with Crippen molar-refractivity contribution < 1.29 is 9.53 Å². The summed E-state index contributed by atoms with van der Waals surface area (Å²) >= 11 is 3.55. The van der Waals surface area contributed by atoms with Crippen molar-refractivity contribution in [2.45, 2.75) is 24.5 Å². The molecule has 2 atom stereocenters. The lowest BCUT2D eigenvalue weighted by atomic mass is 9.79. The van der Waals surface area contributed by atoms with Crippen molar-refractivity contribution >= 4 is 21.7 Å². The Morgan fingerprint density at radius 3 is 2.70 bits per heavy atom. The Balaban J connectivity index is 1.73. The molecule has 0 aromatic heterocycles. The lowest BCUT2D eigenvalue weighted by molar-refractivity contribution is 0.0850. The first-order valence-electron chi connectivity index (χ1n) is 6.77. The van der Waals surface area contributed by atoms with Gasteiger partial charge in [0.05, 0.1) is 0 Å². The number of Topliss-reactive ketones (excluding diaryl/α,β-unsaturated/α-hetero) is 1. The van der Waals surface area contributed by atoms with Crippen molar-refractivity contribution in [1.82, 2.24) is 0 Å². The van der Waals surface area contributed by atoms with E-state index in [0.29, 0.717) is 0 Å². The molecule has 0 amide bonds. The smallest absolute Gasteiger partial charge is 0.198 e. The number of fused-ring (bicyclic) bond motifs is 1. The number of ketones is 1. The summed E-state index contributed by atoms with van der Waals surface area (Å²) in [6.07, 6.45) is 1.57. The summed E-state index contributed by atoms with van der Waals surface area (Å²) in [5, 5.41) is 0. The first-order valence-corrected chi connectivity index (χ1v) is 7.57. The molecular formula is C17H13BrO2. The highest BCUT2D eigenvalue weighted by Crippen LogP contribution is 2.57. The first kappa shape index (κ1) is 12.3. The van der Waals surface area contributed by atoms with Crippen LogP contribution in [0.2, 0.25) is 0 Å². The molecule has 3 heteroatoms. The number of aryl methyl sites for hydroxylation is 1. The maximum Gasteiger partial charge on any atom is 0.198 e. The zero-order valence-corrected chi connectivity index (χ0v) is 12.4. The van der Waals surface area contributed by atoms with Gasteiger partial charge in [-0.15, -0.1) is 0 Å². The standard InChI is InChI=1S/C17H13BrO2/c18-14-8-4-3-7-13(14)16-17(20-16)10-9-11-5-1-2-6-12(11)15(17)19/h1-8,16H,9-10H2/t16-,17-/m1/s1. The zero-order valence-electron chi connectivity index (χ0n) is 10.8. The summed E-state index contributed by atoms with van der Waals surface area (Å²) in [6, 6.07) is 15.8. The molecule has 1 fully saturated rings. The van der Waals surface area contributed by atoms with Gasteiger partial charge in [-0.05, 0) is 30.0 Å². The predicted octanol–water partition coefficient (Wildman–Crippen LogP) is 4.09. The summed E-state index contributed by atoms with van der Waals surface area (Å²) < 4.78 is 6.91. The Morgan fingerprint density at radius 2 is 1.85 bits per heavy atom. The minimum absolute atomic E-state index is 0.112. The molecule has 2 aliphatic rings. The zero-order chi connectivity index (χ0) is 13.7. The van der Waals surface area contributed by atoms with E-state index < -0.39 is 5.60 Å². The van der Waals surface area contributed by atoms with Crippen molar-refractivity contribution in [2.24, 2.45) is 0 Å². The quantitative estimate of drug-likeness (QED) is 0.738. The van der Waals surface area contributed by atoms with Crippen LogP contribution >= 0.6 is 15.9 Å². The number of rotatable bonds is 1. The molecule has 1 saturated heterocycles. The Morgan fingerprint density at radius 1 is 1.10 bits per heavy atom. The number of carbonyl (C=O) groups is 1. The predicted molar refractivity (Wildman–Crippen MR) is 79.8 cm³/mol. The summed E-state index contributed by atoms with van der Waals surface area (Å²) in [5.41, 5.74) is 2.41. The number of halogens is 1. The molecule has 1 heterocycles. The van der Waals surface area contributed by atoms with Gasteiger partial charge in [-0.1, -0.05) is 58.4 Å². The molecule has 1 aliphatic heterocycles. The number of benzene rings is 2. The van der Waals surface area contributed by atoms with Crippen LogP contribution in [0.15, 0.2) is 53.0 Å². The topological polar surface area (TPSA) is 29.6 Å². The molecule has 2 aromatic rings. The molecule has 2 aromatic carbocycles. The van der Waals surface area contributed by atoms with E-state index in [1.54, 1.807) is 0 Å². The van der Waals surface area contributed by atoms with Crippen LogP contribution in [-0.2, 0) is 11.2 Å². The number of ether oxygens (including phenoxy) is 1. The fourth-order valence-electron chi connectivity index (χ4n) is 3.16. The molecule has 2 nitrogen and oxygen atoms in total. The second-order valence-electron chi connectivity index (χ2n) is 5.40. The van der Waals surface area contributed by atoms with Crippen LogP contribution in [0, 0.1) is 0 Å². The van der Waals surface area contributed by atoms with Crippen LogP contribution in [0.5, 0.6) is 0 Å². The third-order valence-electron chi connectivity index (χ3n) is 4.29. The second-order valence-corrected chi connectivity index (χ2v) is 6.25. The van der Waals surface area contributed by atoms with Crippen LogP contribution in [0.3, 0.4) is 0 Å². The number of epoxide rings is 1. The van der Waals surface area contributed by atoms with E-state index in [2.05, 4.69) is 15.9 Å². The van der Waals surface area contributed by atoms with Crippen molar-refractivity contribution in [3.05, 3.63) is 69.7 Å². The highest BCUT2D eigenvalue weighted by Gasteiger charge is 2.64. The largest absolute Gasteiger partial charge is 0.352 e. The van der Waals surface area contributed by atoms with E-state index >= 15 is 0 Å². The fourth-order valence-corrected chi connectivity index (χ4v) is 3.66. The van der Waals surface area contributed by atoms with Crippen LogP contribution < -0.4 is 0 Å². The molecule has 4 rings (SSSR count). The fraction of sp³-hybridized carbons (Fsp3) is 0.235. The van der Waals surface area contributed by atoms with Crippen LogP contribution in [0.4, 0.5) is 0 Å². The number of hydrogen-bond donors (Lipinski definition) is 0. The SMILES string of the molecule is O=C1c2ccccc2CC[C@@]12O[C@@H]2c1ccccc1Br. The van der Waals surface area contributed by atoms with Gasteiger partial charge >= 0.3 is 0 Å². The maximum atomic E-state index is 12.8. The maximum absolute atomic E-state index is 12.8. The van der Waals surface area contributed by atoms with Crippen LogP contribution in [0.1, 0.15) is 34.0 Å². The molecule has 0 bridgehead atoms. The normalized spacial score (nSPS) is 27.4. The van der Waals surface area contributed by atoms with Crippen molar-refractivity contribution in [3.8, 4) is 0 Å². The van der Waals surface area contributed by atoms with E-state index in [1.165, 1.54) is 0 Å². The molecule has 0 N–H and O–H groups in total. The summed E-state index contributed by atoms with van der Waals surface area (Å²) in [4.78, 5) is 12.8. The lowest BCUT2D eigenvalue weighted by Crippen LogP contribution is -2.31. The van der Waals surface area contributed by atoms with Crippen LogP contribution in [0.25, 0.3) is 0 Å².